The molecule has 15 heavy (non-hydrogen) atoms. The second-order valence-electron chi connectivity index (χ2n) is 3.77. The maximum atomic E-state index is 12.8. The summed E-state index contributed by atoms with van der Waals surface area (Å²) >= 11 is 0. The third-order valence-corrected chi connectivity index (χ3v) is 2.73. The fraction of sp³-hybridized carbons (Fsp3) is 0.250. The molecule has 0 saturated heterocycles. The zero-order valence-electron chi connectivity index (χ0n) is 8.73. The van der Waals surface area contributed by atoms with E-state index in [9.17, 15) is 9.18 Å². The highest BCUT2D eigenvalue weighted by Crippen LogP contribution is 2.26. The molecule has 3 heteroatoms. The van der Waals surface area contributed by atoms with Crippen molar-refractivity contribution in [2.75, 3.05) is 0 Å². The Labute approximate surface area is 87.5 Å². The van der Waals surface area contributed by atoms with Gasteiger partial charge in [0.15, 0.2) is 5.78 Å². The number of aromatic nitrogens is 1. The highest BCUT2D eigenvalue weighted by molar-refractivity contribution is 6.22. The van der Waals surface area contributed by atoms with Gasteiger partial charge in [0.05, 0.1) is 12.1 Å². The van der Waals surface area contributed by atoms with Gasteiger partial charge in [0.25, 0.3) is 0 Å². The molecule has 1 aliphatic carbocycles. The standard InChI is InChI=1S/C12H12FNO/c1-7-6-14-12(8(7)2)10-4-3-9(13)5-11(10)15/h3-4,6,14H,5H2,1-2H3. The van der Waals surface area contributed by atoms with Crippen molar-refractivity contribution in [3.63, 3.8) is 0 Å². The minimum Gasteiger partial charge on any atom is -0.361 e. The summed E-state index contributed by atoms with van der Waals surface area (Å²) in [6, 6.07) is 0. The summed E-state index contributed by atoms with van der Waals surface area (Å²) in [5, 5.41) is 0. The predicted molar refractivity (Wildman–Crippen MR) is 57.1 cm³/mol. The number of allylic oxidation sites excluding steroid dienone is 4. The number of Topliss-reactive ketones (excluding diaryl/α,β-unsaturated/α-hetero) is 1. The first kappa shape index (κ1) is 9.90. The van der Waals surface area contributed by atoms with Crippen LogP contribution < -0.4 is 0 Å². The van der Waals surface area contributed by atoms with E-state index < -0.39 is 0 Å². The lowest BCUT2D eigenvalue weighted by molar-refractivity contribution is -0.113. The Balaban J connectivity index is 2.48. The lowest BCUT2D eigenvalue weighted by Crippen LogP contribution is -2.06. The van der Waals surface area contributed by atoms with Crippen LogP contribution in [-0.4, -0.2) is 10.8 Å². The second-order valence-corrected chi connectivity index (χ2v) is 3.77. The first-order valence-electron chi connectivity index (χ1n) is 4.84. The quantitative estimate of drug-likeness (QED) is 0.751. The van der Waals surface area contributed by atoms with E-state index in [1.165, 1.54) is 6.08 Å². The van der Waals surface area contributed by atoms with Gasteiger partial charge in [-0.3, -0.25) is 4.79 Å². The molecule has 1 aliphatic rings. The van der Waals surface area contributed by atoms with Crippen molar-refractivity contribution < 1.29 is 9.18 Å². The Morgan fingerprint density at radius 3 is 2.60 bits per heavy atom. The Morgan fingerprint density at radius 1 is 1.33 bits per heavy atom. The van der Waals surface area contributed by atoms with Gasteiger partial charge in [0.1, 0.15) is 5.83 Å². The molecule has 0 fully saturated rings. The molecule has 0 aromatic carbocycles. The van der Waals surface area contributed by atoms with Crippen molar-refractivity contribution >= 4 is 11.4 Å². The Morgan fingerprint density at radius 2 is 2.07 bits per heavy atom. The van der Waals surface area contributed by atoms with Crippen LogP contribution in [0.2, 0.25) is 0 Å². The summed E-state index contributed by atoms with van der Waals surface area (Å²) in [5.41, 5.74) is 3.53. The number of nitrogens with one attached hydrogen (secondary N) is 1. The third kappa shape index (κ3) is 1.65. The van der Waals surface area contributed by atoms with Crippen LogP contribution in [0, 0.1) is 13.8 Å². The maximum absolute atomic E-state index is 12.8. The number of ketones is 1. The van der Waals surface area contributed by atoms with Crippen LogP contribution in [0.25, 0.3) is 5.57 Å². The van der Waals surface area contributed by atoms with Gasteiger partial charge in [-0.1, -0.05) is 0 Å². The lowest BCUT2D eigenvalue weighted by atomic mass is 9.97. The van der Waals surface area contributed by atoms with Gasteiger partial charge < -0.3 is 4.98 Å². The summed E-state index contributed by atoms with van der Waals surface area (Å²) in [6.07, 6.45) is 4.63. The van der Waals surface area contributed by atoms with Crippen LogP contribution >= 0.6 is 0 Å². The zero-order chi connectivity index (χ0) is 11.0. The summed E-state index contributed by atoms with van der Waals surface area (Å²) in [7, 11) is 0. The molecule has 1 heterocycles. The molecule has 0 atom stereocenters. The van der Waals surface area contributed by atoms with Gasteiger partial charge in [-0.15, -0.1) is 0 Å². The number of hydrogen-bond acceptors (Lipinski definition) is 1. The summed E-state index contributed by atoms with van der Waals surface area (Å²) in [5.74, 6) is -0.537. The average Bonchev–Trinajstić information content (AvgIpc) is 2.49. The summed E-state index contributed by atoms with van der Waals surface area (Å²) in [6.45, 7) is 3.92. The molecule has 0 amide bonds. The Bertz CT molecular complexity index is 480. The minimum atomic E-state index is -0.371. The topological polar surface area (TPSA) is 32.9 Å². The fourth-order valence-electron chi connectivity index (χ4n) is 1.67. The smallest absolute Gasteiger partial charge is 0.171 e. The van der Waals surface area contributed by atoms with Crippen molar-refractivity contribution in [3.05, 3.63) is 41.0 Å². The van der Waals surface area contributed by atoms with Crippen LogP contribution in [0.4, 0.5) is 4.39 Å². The average molecular weight is 205 g/mol. The number of carbonyl (C=O) groups is 1. The van der Waals surface area contributed by atoms with Crippen LogP contribution in [-0.2, 0) is 4.79 Å². The van der Waals surface area contributed by atoms with Crippen molar-refractivity contribution in [2.24, 2.45) is 0 Å². The van der Waals surface area contributed by atoms with E-state index in [0.717, 1.165) is 16.8 Å². The molecule has 0 aliphatic heterocycles. The number of aryl methyl sites for hydroxylation is 1. The van der Waals surface area contributed by atoms with E-state index in [0.29, 0.717) is 5.57 Å². The summed E-state index contributed by atoms with van der Waals surface area (Å²) in [4.78, 5) is 14.6. The van der Waals surface area contributed by atoms with E-state index >= 15 is 0 Å². The molecular formula is C12H12FNO. The van der Waals surface area contributed by atoms with Gasteiger partial charge in [0.2, 0.25) is 0 Å². The van der Waals surface area contributed by atoms with E-state index in [-0.39, 0.29) is 18.0 Å². The zero-order valence-corrected chi connectivity index (χ0v) is 8.73. The number of rotatable bonds is 1. The molecule has 0 radical (unpaired) electrons. The normalized spacial score (nSPS) is 16.3. The number of H-pyrrole nitrogens is 1. The largest absolute Gasteiger partial charge is 0.361 e. The van der Waals surface area contributed by atoms with Crippen molar-refractivity contribution in [2.45, 2.75) is 20.3 Å². The molecule has 0 saturated carbocycles. The predicted octanol–water partition coefficient (Wildman–Crippen LogP) is 2.84. The SMILES string of the molecule is Cc1c[nH]c(C2=CC=C(F)CC2=O)c1C. The molecule has 0 unspecified atom stereocenters. The van der Waals surface area contributed by atoms with Crippen LogP contribution in [0.3, 0.4) is 0 Å². The van der Waals surface area contributed by atoms with Gasteiger partial charge in [-0.25, -0.2) is 4.39 Å². The molecule has 2 nitrogen and oxygen atoms in total. The molecule has 0 spiro atoms. The Hall–Kier alpha value is -1.64. The molecule has 1 aromatic heterocycles. The fourth-order valence-corrected chi connectivity index (χ4v) is 1.67. The van der Waals surface area contributed by atoms with E-state index in [2.05, 4.69) is 4.98 Å². The van der Waals surface area contributed by atoms with Crippen molar-refractivity contribution in [3.8, 4) is 0 Å². The van der Waals surface area contributed by atoms with E-state index in [1.54, 1.807) is 6.08 Å². The van der Waals surface area contributed by atoms with E-state index in [4.69, 9.17) is 0 Å². The van der Waals surface area contributed by atoms with Crippen LogP contribution in [0.1, 0.15) is 23.2 Å². The lowest BCUT2D eigenvalue weighted by Gasteiger charge is -2.09. The third-order valence-electron chi connectivity index (χ3n) is 2.73. The van der Waals surface area contributed by atoms with Crippen molar-refractivity contribution in [1.82, 2.24) is 4.98 Å². The molecule has 2 rings (SSSR count). The van der Waals surface area contributed by atoms with Crippen molar-refractivity contribution in [1.29, 1.82) is 0 Å². The first-order chi connectivity index (χ1) is 7.09. The molecular weight excluding hydrogens is 193 g/mol. The monoisotopic (exact) mass is 205 g/mol. The highest BCUT2D eigenvalue weighted by Gasteiger charge is 2.20. The van der Waals surface area contributed by atoms with Gasteiger partial charge in [-0.05, 0) is 37.1 Å². The molecule has 1 aromatic rings. The molecule has 0 bridgehead atoms. The number of aromatic amines is 1. The highest BCUT2D eigenvalue weighted by atomic mass is 19.1. The Kier molecular flexibility index (Phi) is 2.31. The van der Waals surface area contributed by atoms with E-state index in [1.807, 2.05) is 20.0 Å². The van der Waals surface area contributed by atoms with Crippen LogP contribution in [0.5, 0.6) is 0 Å². The number of hydrogen-bond donors (Lipinski definition) is 1. The summed E-state index contributed by atoms with van der Waals surface area (Å²) < 4.78 is 12.8. The van der Waals surface area contributed by atoms with Gasteiger partial charge >= 0.3 is 0 Å². The minimum absolute atomic E-state index is 0.122. The van der Waals surface area contributed by atoms with Gasteiger partial charge in [0, 0.05) is 11.8 Å². The maximum Gasteiger partial charge on any atom is 0.171 e. The number of halogens is 1. The number of carbonyl (C=O) groups excluding carboxylic acids is 1. The molecule has 1 N–H and O–H groups in total. The molecule has 78 valence electrons. The van der Waals surface area contributed by atoms with Gasteiger partial charge in [-0.2, -0.15) is 0 Å². The van der Waals surface area contributed by atoms with Crippen LogP contribution in [0.15, 0.2) is 24.2 Å². The second kappa shape index (κ2) is 3.50. The first-order valence-corrected chi connectivity index (χ1v) is 4.84.